The van der Waals surface area contributed by atoms with Crippen molar-refractivity contribution in [3.05, 3.63) is 105 Å². The minimum atomic E-state index is -0.295. The molecule has 142 valence electrons. The van der Waals surface area contributed by atoms with Gasteiger partial charge in [-0.25, -0.2) is 13.8 Å². The molecule has 0 unspecified atom stereocenters. The Morgan fingerprint density at radius 3 is 2.76 bits per heavy atom. The summed E-state index contributed by atoms with van der Waals surface area (Å²) in [5, 5.41) is 0. The summed E-state index contributed by atoms with van der Waals surface area (Å²) in [5.41, 5.74) is 3.04. The molecule has 2 heterocycles. The second kappa shape index (κ2) is 7.14. The van der Waals surface area contributed by atoms with E-state index in [1.165, 1.54) is 23.5 Å². The van der Waals surface area contributed by atoms with Crippen LogP contribution in [-0.4, -0.2) is 9.38 Å². The van der Waals surface area contributed by atoms with E-state index in [1.807, 2.05) is 60.7 Å². The van der Waals surface area contributed by atoms with Crippen molar-refractivity contribution in [2.24, 2.45) is 0 Å². The molecule has 0 saturated heterocycles. The number of hydrogen-bond acceptors (Lipinski definition) is 4. The Labute approximate surface area is 169 Å². The smallest absolute Gasteiger partial charge is 0.274 e. The maximum Gasteiger partial charge on any atom is 0.274 e. The Kier molecular flexibility index (Phi) is 4.33. The number of halogens is 1. The van der Waals surface area contributed by atoms with Crippen LogP contribution in [0, 0.1) is 5.82 Å². The molecule has 0 N–H and O–H groups in total. The first-order valence-electron chi connectivity index (χ1n) is 9.07. The molecule has 4 nitrogen and oxygen atoms in total. The van der Waals surface area contributed by atoms with E-state index >= 15 is 0 Å². The van der Waals surface area contributed by atoms with Gasteiger partial charge >= 0.3 is 0 Å². The average molecular weight is 402 g/mol. The van der Waals surface area contributed by atoms with Gasteiger partial charge in [0, 0.05) is 5.56 Å². The van der Waals surface area contributed by atoms with E-state index in [1.54, 1.807) is 10.5 Å². The molecule has 0 saturated carbocycles. The van der Waals surface area contributed by atoms with Crippen molar-refractivity contribution in [3.63, 3.8) is 0 Å². The molecule has 0 fully saturated rings. The van der Waals surface area contributed by atoms with E-state index < -0.39 is 0 Å². The lowest BCUT2D eigenvalue weighted by Gasteiger charge is -2.09. The van der Waals surface area contributed by atoms with Gasteiger partial charge < -0.3 is 4.74 Å². The zero-order valence-electron chi connectivity index (χ0n) is 15.2. The van der Waals surface area contributed by atoms with Crippen LogP contribution in [0.15, 0.2) is 77.6 Å². The molecule has 3 aromatic carbocycles. The normalized spacial score (nSPS) is 12.1. The number of ether oxygens (including phenoxy) is 1. The number of fused-ring (bicyclic) bond motifs is 3. The summed E-state index contributed by atoms with van der Waals surface area (Å²) in [7, 11) is 0. The molecular formula is C23H15FN2O2S. The van der Waals surface area contributed by atoms with Gasteiger partial charge in [-0.1, -0.05) is 53.8 Å². The van der Waals surface area contributed by atoms with Gasteiger partial charge in [-0.05, 0) is 42.0 Å². The largest absolute Gasteiger partial charge is 0.488 e. The lowest BCUT2D eigenvalue weighted by Crippen LogP contribution is -2.22. The van der Waals surface area contributed by atoms with Crippen LogP contribution < -0.4 is 14.8 Å². The minimum Gasteiger partial charge on any atom is -0.488 e. The number of para-hydroxylation sites is 3. The number of thiazole rings is 1. The van der Waals surface area contributed by atoms with Gasteiger partial charge in [0.1, 0.15) is 18.2 Å². The Balaban J connectivity index is 1.54. The van der Waals surface area contributed by atoms with E-state index in [-0.39, 0.29) is 18.0 Å². The van der Waals surface area contributed by atoms with E-state index in [0.29, 0.717) is 15.2 Å². The van der Waals surface area contributed by atoms with Crippen LogP contribution >= 0.6 is 11.3 Å². The van der Waals surface area contributed by atoms with Gasteiger partial charge in [-0.2, -0.15) is 0 Å². The van der Waals surface area contributed by atoms with Crippen LogP contribution in [0.25, 0.3) is 22.1 Å². The molecule has 0 aliphatic carbocycles. The number of hydrogen-bond donors (Lipinski definition) is 0. The number of rotatable bonds is 4. The van der Waals surface area contributed by atoms with Crippen molar-refractivity contribution in [1.82, 2.24) is 9.38 Å². The van der Waals surface area contributed by atoms with Crippen LogP contribution in [0.4, 0.5) is 4.39 Å². The SMILES string of the molecule is O=c1c(=Cc2ccccc2OCc2cccc(F)c2)sc2nc3ccccc3n12. The summed E-state index contributed by atoms with van der Waals surface area (Å²) in [6, 6.07) is 21.4. The zero-order chi connectivity index (χ0) is 19.8. The highest BCUT2D eigenvalue weighted by Gasteiger charge is 2.11. The molecule has 5 rings (SSSR count). The van der Waals surface area contributed by atoms with Crippen molar-refractivity contribution >= 4 is 33.4 Å². The number of imidazole rings is 1. The molecule has 0 spiro atoms. The lowest BCUT2D eigenvalue weighted by atomic mass is 10.2. The summed E-state index contributed by atoms with van der Waals surface area (Å²) < 4.78 is 21.5. The molecule has 0 aliphatic rings. The number of nitrogens with zero attached hydrogens (tertiary/aromatic N) is 2. The lowest BCUT2D eigenvalue weighted by molar-refractivity contribution is 0.305. The molecule has 29 heavy (non-hydrogen) atoms. The highest BCUT2D eigenvalue weighted by Crippen LogP contribution is 2.21. The first-order chi connectivity index (χ1) is 14.2. The third kappa shape index (κ3) is 3.28. The van der Waals surface area contributed by atoms with Crippen molar-refractivity contribution in [3.8, 4) is 5.75 Å². The molecule has 6 heteroatoms. The van der Waals surface area contributed by atoms with Crippen LogP contribution in [0.2, 0.25) is 0 Å². The van der Waals surface area contributed by atoms with E-state index in [0.717, 1.165) is 22.2 Å². The predicted octanol–water partition coefficient (Wildman–Crippen LogP) is 4.18. The Morgan fingerprint density at radius 1 is 1.03 bits per heavy atom. The second-order valence-corrected chi connectivity index (χ2v) is 7.60. The highest BCUT2D eigenvalue weighted by molar-refractivity contribution is 7.15. The maximum atomic E-state index is 13.4. The summed E-state index contributed by atoms with van der Waals surface area (Å²) in [6.07, 6.45) is 1.82. The Bertz CT molecular complexity index is 1460. The first kappa shape index (κ1) is 17.6. The van der Waals surface area contributed by atoms with Crippen molar-refractivity contribution < 1.29 is 9.13 Å². The number of benzene rings is 3. The molecular weight excluding hydrogens is 387 g/mol. The van der Waals surface area contributed by atoms with Crippen molar-refractivity contribution in [2.45, 2.75) is 6.61 Å². The minimum absolute atomic E-state index is 0.0985. The van der Waals surface area contributed by atoms with Gasteiger partial charge in [0.15, 0.2) is 4.96 Å². The monoisotopic (exact) mass is 402 g/mol. The Morgan fingerprint density at radius 2 is 1.86 bits per heavy atom. The Hall–Kier alpha value is -3.51. The number of aromatic nitrogens is 2. The van der Waals surface area contributed by atoms with Gasteiger partial charge in [0.2, 0.25) is 0 Å². The highest BCUT2D eigenvalue weighted by atomic mass is 32.1. The average Bonchev–Trinajstić information content (AvgIpc) is 3.24. The molecule has 2 aromatic heterocycles. The fourth-order valence-electron chi connectivity index (χ4n) is 3.27. The van der Waals surface area contributed by atoms with E-state index in [2.05, 4.69) is 4.98 Å². The summed E-state index contributed by atoms with van der Waals surface area (Å²) in [6.45, 7) is 0.241. The fourth-order valence-corrected chi connectivity index (χ4v) is 4.25. The predicted molar refractivity (Wildman–Crippen MR) is 113 cm³/mol. The zero-order valence-corrected chi connectivity index (χ0v) is 16.0. The molecule has 0 amide bonds. The maximum absolute atomic E-state index is 13.4. The van der Waals surface area contributed by atoms with E-state index in [9.17, 15) is 9.18 Å². The molecule has 0 atom stereocenters. The molecule has 0 bridgehead atoms. The topological polar surface area (TPSA) is 43.6 Å². The third-order valence-electron chi connectivity index (χ3n) is 4.63. The van der Waals surface area contributed by atoms with Crippen LogP contribution in [0.5, 0.6) is 5.75 Å². The van der Waals surface area contributed by atoms with Gasteiger partial charge in [-0.15, -0.1) is 0 Å². The summed E-state index contributed by atoms with van der Waals surface area (Å²) in [5.74, 6) is 0.336. The van der Waals surface area contributed by atoms with Crippen LogP contribution in [-0.2, 0) is 6.61 Å². The molecule has 5 aromatic rings. The standard InChI is InChI=1S/C23H15FN2O2S/c24-17-8-5-6-15(12-17)14-28-20-11-4-1-7-16(20)13-21-22(27)26-19-10-3-2-9-18(19)25-23(26)29-21/h1-13H,14H2. The van der Waals surface area contributed by atoms with Crippen molar-refractivity contribution in [1.29, 1.82) is 0 Å². The van der Waals surface area contributed by atoms with Crippen LogP contribution in [0.1, 0.15) is 11.1 Å². The van der Waals surface area contributed by atoms with Gasteiger partial charge in [-0.3, -0.25) is 4.79 Å². The summed E-state index contributed by atoms with van der Waals surface area (Å²) in [4.78, 5) is 18.2. The molecule has 0 radical (unpaired) electrons. The summed E-state index contributed by atoms with van der Waals surface area (Å²) >= 11 is 1.35. The molecule has 0 aliphatic heterocycles. The van der Waals surface area contributed by atoms with E-state index in [4.69, 9.17) is 4.74 Å². The quantitative estimate of drug-likeness (QED) is 0.453. The van der Waals surface area contributed by atoms with Gasteiger partial charge in [0.05, 0.1) is 15.6 Å². The van der Waals surface area contributed by atoms with Gasteiger partial charge in [0.25, 0.3) is 5.56 Å². The first-order valence-corrected chi connectivity index (χ1v) is 9.89. The fraction of sp³-hybridized carbons (Fsp3) is 0.0435. The third-order valence-corrected chi connectivity index (χ3v) is 5.60. The second-order valence-electron chi connectivity index (χ2n) is 6.59. The van der Waals surface area contributed by atoms with Crippen LogP contribution in [0.3, 0.4) is 0 Å². The van der Waals surface area contributed by atoms with Crippen molar-refractivity contribution in [2.75, 3.05) is 0 Å².